The molecule has 0 radical (unpaired) electrons. The van der Waals surface area contributed by atoms with Crippen LogP contribution < -0.4 is 0 Å². The molecule has 2 fully saturated rings. The van der Waals surface area contributed by atoms with Crippen molar-refractivity contribution in [2.45, 2.75) is 18.2 Å². The smallest absolute Gasteiger partial charge is 0.237 e. The SMILES string of the molecule is O=C1C2C(c3ccc(Cl)cc3)OC3(C(=O)c4ccccc4C3=O)C2C(=O)N1Cc1ccccc1. The topological polar surface area (TPSA) is 80.8 Å². The molecule has 3 aromatic carbocycles. The first kappa shape index (κ1) is 21.0. The van der Waals surface area contributed by atoms with E-state index < -0.39 is 46.9 Å². The van der Waals surface area contributed by atoms with Crippen LogP contribution in [0.4, 0.5) is 0 Å². The van der Waals surface area contributed by atoms with Gasteiger partial charge in [-0.2, -0.15) is 0 Å². The molecule has 2 saturated heterocycles. The zero-order valence-corrected chi connectivity index (χ0v) is 18.6. The first-order valence-electron chi connectivity index (χ1n) is 10.9. The summed E-state index contributed by atoms with van der Waals surface area (Å²) in [5.74, 6) is -4.39. The number of fused-ring (bicyclic) bond motifs is 3. The van der Waals surface area contributed by atoms with Gasteiger partial charge < -0.3 is 4.74 Å². The minimum Gasteiger partial charge on any atom is -0.349 e. The van der Waals surface area contributed by atoms with Crippen molar-refractivity contribution in [1.29, 1.82) is 0 Å². The second-order valence-corrected chi connectivity index (χ2v) is 9.22. The number of halogens is 1. The molecule has 1 aliphatic carbocycles. The lowest BCUT2D eigenvalue weighted by Crippen LogP contribution is -2.50. The van der Waals surface area contributed by atoms with Crippen molar-refractivity contribution in [2.75, 3.05) is 0 Å². The second-order valence-electron chi connectivity index (χ2n) is 8.78. The molecule has 7 heteroatoms. The van der Waals surface area contributed by atoms with Gasteiger partial charge in [0.2, 0.25) is 29.0 Å². The number of ether oxygens (including phenoxy) is 1. The van der Waals surface area contributed by atoms with Gasteiger partial charge in [0.15, 0.2) is 0 Å². The predicted octanol–water partition coefficient (Wildman–Crippen LogP) is 4.03. The zero-order chi connectivity index (χ0) is 23.6. The van der Waals surface area contributed by atoms with Gasteiger partial charge in [-0.3, -0.25) is 24.1 Å². The number of amides is 2. The molecule has 3 atom stereocenters. The molecule has 34 heavy (non-hydrogen) atoms. The highest BCUT2D eigenvalue weighted by molar-refractivity contribution is 6.35. The van der Waals surface area contributed by atoms with Gasteiger partial charge in [0.05, 0.1) is 24.5 Å². The van der Waals surface area contributed by atoms with Crippen LogP contribution in [0.15, 0.2) is 78.9 Å². The van der Waals surface area contributed by atoms with E-state index in [0.717, 1.165) is 10.5 Å². The lowest BCUT2D eigenvalue weighted by Gasteiger charge is -2.27. The summed E-state index contributed by atoms with van der Waals surface area (Å²) in [7, 11) is 0. The molecule has 3 aliphatic rings. The highest BCUT2D eigenvalue weighted by Gasteiger charge is 2.74. The summed E-state index contributed by atoms with van der Waals surface area (Å²) in [6, 6.07) is 22.2. The molecule has 168 valence electrons. The molecule has 6 nitrogen and oxygen atoms in total. The van der Waals surface area contributed by atoms with Crippen LogP contribution in [0, 0.1) is 11.8 Å². The zero-order valence-electron chi connectivity index (χ0n) is 17.8. The van der Waals surface area contributed by atoms with Gasteiger partial charge in [0.1, 0.15) is 0 Å². The van der Waals surface area contributed by atoms with Gasteiger partial charge in [-0.15, -0.1) is 0 Å². The van der Waals surface area contributed by atoms with E-state index in [9.17, 15) is 19.2 Å². The fourth-order valence-electron chi connectivity index (χ4n) is 5.45. The van der Waals surface area contributed by atoms with Crippen LogP contribution >= 0.6 is 11.6 Å². The number of Topliss-reactive ketones (excluding diaryl/α,β-unsaturated/α-hetero) is 2. The highest BCUT2D eigenvalue weighted by atomic mass is 35.5. The van der Waals surface area contributed by atoms with E-state index in [1.807, 2.05) is 30.3 Å². The predicted molar refractivity (Wildman–Crippen MR) is 122 cm³/mol. The van der Waals surface area contributed by atoms with Gasteiger partial charge in [0, 0.05) is 16.1 Å². The van der Waals surface area contributed by atoms with Gasteiger partial charge in [-0.25, -0.2) is 0 Å². The Morgan fingerprint density at radius 1 is 0.765 bits per heavy atom. The Labute approximate surface area is 200 Å². The van der Waals surface area contributed by atoms with Crippen LogP contribution in [0.25, 0.3) is 0 Å². The summed E-state index contributed by atoms with van der Waals surface area (Å²) in [5, 5.41) is 0.493. The van der Waals surface area contributed by atoms with Crippen LogP contribution in [-0.2, 0) is 20.9 Å². The van der Waals surface area contributed by atoms with Crippen molar-refractivity contribution in [2.24, 2.45) is 11.8 Å². The number of benzene rings is 3. The van der Waals surface area contributed by atoms with Crippen molar-refractivity contribution >= 4 is 35.0 Å². The summed E-state index contributed by atoms with van der Waals surface area (Å²) in [6.07, 6.45) is -0.943. The normalized spacial score (nSPS) is 24.7. The highest BCUT2D eigenvalue weighted by Crippen LogP contribution is 2.57. The number of nitrogens with zero attached hydrogens (tertiary/aromatic N) is 1. The van der Waals surface area contributed by atoms with E-state index in [1.165, 1.54) is 0 Å². The lowest BCUT2D eigenvalue weighted by atomic mass is 9.77. The summed E-state index contributed by atoms with van der Waals surface area (Å²) in [5.41, 5.74) is -0.281. The number of ketones is 2. The molecule has 3 unspecified atom stereocenters. The Kier molecular flexibility index (Phi) is 4.59. The Morgan fingerprint density at radius 3 is 1.97 bits per heavy atom. The molecular formula is C27H18ClNO5. The maximum atomic E-state index is 13.7. The first-order chi connectivity index (χ1) is 16.4. The summed E-state index contributed by atoms with van der Waals surface area (Å²) < 4.78 is 6.24. The standard InChI is InChI=1S/C27H18ClNO5/c28-17-12-10-16(11-13-17)22-20-21(26(33)29(25(20)32)14-15-6-2-1-3-7-15)27(34-22)23(30)18-8-4-5-9-19(18)24(27)31/h1-13,20-22H,14H2. The van der Waals surface area contributed by atoms with E-state index in [4.69, 9.17) is 16.3 Å². The molecule has 0 saturated carbocycles. The van der Waals surface area contributed by atoms with E-state index in [2.05, 4.69) is 0 Å². The van der Waals surface area contributed by atoms with Crippen LogP contribution in [0.3, 0.4) is 0 Å². The molecule has 2 heterocycles. The average Bonchev–Trinajstić information content (AvgIpc) is 3.41. The third kappa shape index (κ3) is 2.73. The minimum atomic E-state index is -2.06. The number of likely N-dealkylation sites (tertiary alicyclic amines) is 1. The fourth-order valence-corrected chi connectivity index (χ4v) is 5.58. The van der Waals surface area contributed by atoms with Crippen molar-refractivity contribution < 1.29 is 23.9 Å². The number of carbonyl (C=O) groups is 4. The third-order valence-electron chi connectivity index (χ3n) is 6.99. The summed E-state index contributed by atoms with van der Waals surface area (Å²) in [6.45, 7) is 0.0598. The minimum absolute atomic E-state index is 0.0598. The fraction of sp³-hybridized carbons (Fsp3) is 0.185. The third-order valence-corrected chi connectivity index (χ3v) is 7.24. The van der Waals surface area contributed by atoms with Gasteiger partial charge in [0.25, 0.3) is 0 Å². The van der Waals surface area contributed by atoms with Gasteiger partial charge in [-0.05, 0) is 23.3 Å². The van der Waals surface area contributed by atoms with E-state index in [1.54, 1.807) is 48.5 Å². The van der Waals surface area contributed by atoms with Crippen molar-refractivity contribution in [3.05, 3.63) is 106 Å². The van der Waals surface area contributed by atoms with Crippen molar-refractivity contribution in [3.8, 4) is 0 Å². The van der Waals surface area contributed by atoms with Crippen molar-refractivity contribution in [1.82, 2.24) is 4.90 Å². The molecule has 2 amide bonds. The first-order valence-corrected chi connectivity index (χ1v) is 11.3. The summed E-state index contributed by atoms with van der Waals surface area (Å²) >= 11 is 6.04. The van der Waals surface area contributed by atoms with E-state index in [-0.39, 0.29) is 17.7 Å². The molecule has 0 aromatic heterocycles. The van der Waals surface area contributed by atoms with Crippen molar-refractivity contribution in [3.63, 3.8) is 0 Å². The monoisotopic (exact) mass is 471 g/mol. The van der Waals surface area contributed by atoms with Gasteiger partial charge >= 0.3 is 0 Å². The molecule has 1 spiro atoms. The molecule has 0 bridgehead atoms. The van der Waals surface area contributed by atoms with Crippen LogP contribution in [0.5, 0.6) is 0 Å². The second kappa shape index (κ2) is 7.45. The van der Waals surface area contributed by atoms with Crippen LogP contribution in [0.2, 0.25) is 5.02 Å². The largest absolute Gasteiger partial charge is 0.349 e. The Bertz CT molecular complexity index is 1330. The van der Waals surface area contributed by atoms with Crippen LogP contribution in [0.1, 0.15) is 37.9 Å². The van der Waals surface area contributed by atoms with E-state index >= 15 is 0 Å². The number of imide groups is 1. The summed E-state index contributed by atoms with van der Waals surface area (Å²) in [4.78, 5) is 55.9. The molecule has 0 N–H and O–H groups in total. The van der Waals surface area contributed by atoms with E-state index in [0.29, 0.717) is 10.6 Å². The number of hydrogen-bond acceptors (Lipinski definition) is 5. The number of hydrogen-bond donors (Lipinski definition) is 0. The van der Waals surface area contributed by atoms with Gasteiger partial charge in [-0.1, -0.05) is 78.3 Å². The molecule has 2 aliphatic heterocycles. The quantitative estimate of drug-likeness (QED) is 0.425. The molecule has 3 aromatic rings. The molecule has 6 rings (SSSR count). The average molecular weight is 472 g/mol. The Balaban J connectivity index is 1.49. The maximum absolute atomic E-state index is 13.7. The maximum Gasteiger partial charge on any atom is 0.237 e. The number of rotatable bonds is 3. The Morgan fingerprint density at radius 2 is 1.35 bits per heavy atom. The molecular weight excluding hydrogens is 454 g/mol. The number of carbonyl (C=O) groups excluding carboxylic acids is 4. The lowest BCUT2D eigenvalue weighted by molar-refractivity contribution is -0.145. The Hall–Kier alpha value is -3.61. The van der Waals surface area contributed by atoms with Crippen LogP contribution in [-0.4, -0.2) is 33.9 Å².